The van der Waals surface area contributed by atoms with Gasteiger partial charge in [0.05, 0.1) is 17.2 Å². The number of hydrogen-bond acceptors (Lipinski definition) is 2. The van der Waals surface area contributed by atoms with E-state index in [-0.39, 0.29) is 5.91 Å². The van der Waals surface area contributed by atoms with Crippen LogP contribution >= 0.6 is 0 Å². The Morgan fingerprint density at radius 2 is 1.85 bits per heavy atom. The number of nitrogens with zero attached hydrogens (tertiary/aromatic N) is 1. The first kappa shape index (κ1) is 12.0. The molecule has 0 aliphatic carbocycles. The van der Waals surface area contributed by atoms with Crippen molar-refractivity contribution in [2.24, 2.45) is 0 Å². The molecule has 4 heteroatoms. The lowest BCUT2D eigenvalue weighted by Gasteiger charge is -2.04. The summed E-state index contributed by atoms with van der Waals surface area (Å²) in [6.45, 7) is 0. The van der Waals surface area contributed by atoms with Gasteiger partial charge in [0.2, 0.25) is 0 Å². The molecule has 96 valence electrons. The molecule has 0 atom stereocenters. The first-order chi connectivity index (χ1) is 9.78. The fourth-order valence-electron chi connectivity index (χ4n) is 2.09. The van der Waals surface area contributed by atoms with E-state index in [2.05, 4.69) is 10.3 Å². The average Bonchev–Trinajstić information content (AvgIpc) is 2.92. The van der Waals surface area contributed by atoms with Gasteiger partial charge >= 0.3 is 0 Å². The summed E-state index contributed by atoms with van der Waals surface area (Å²) in [5.41, 5.74) is 2.76. The number of carbonyl (C=O) groups is 1. The van der Waals surface area contributed by atoms with E-state index in [1.165, 1.54) is 0 Å². The first-order valence-corrected chi connectivity index (χ1v) is 6.15. The maximum absolute atomic E-state index is 12.2. The van der Waals surface area contributed by atoms with Crippen molar-refractivity contribution in [2.45, 2.75) is 0 Å². The van der Waals surface area contributed by atoms with Crippen molar-refractivity contribution in [2.75, 3.05) is 5.32 Å². The highest BCUT2D eigenvalue weighted by atomic mass is 16.1. The van der Waals surface area contributed by atoms with Crippen molar-refractivity contribution in [3.63, 3.8) is 0 Å². The van der Waals surface area contributed by atoms with Crippen LogP contribution in [0.25, 0.3) is 10.9 Å². The Hall–Kier alpha value is -3.06. The zero-order chi connectivity index (χ0) is 13.9. The Morgan fingerprint density at radius 3 is 2.60 bits per heavy atom. The fraction of sp³-hybridized carbons (Fsp3) is 0. The summed E-state index contributed by atoms with van der Waals surface area (Å²) < 4.78 is 0. The molecule has 1 amide bonds. The molecule has 20 heavy (non-hydrogen) atoms. The molecule has 0 saturated heterocycles. The second kappa shape index (κ2) is 4.90. The zero-order valence-corrected chi connectivity index (χ0v) is 10.6. The molecular weight excluding hydrogens is 250 g/mol. The fourth-order valence-corrected chi connectivity index (χ4v) is 2.09. The molecule has 0 aliphatic heterocycles. The number of carbonyl (C=O) groups excluding carboxylic acids is 1. The van der Waals surface area contributed by atoms with Crippen molar-refractivity contribution in [3.8, 4) is 6.07 Å². The molecular formula is C16H11N3O. The first-order valence-electron chi connectivity index (χ1n) is 6.15. The second-order valence-corrected chi connectivity index (χ2v) is 4.39. The molecule has 1 heterocycles. The van der Waals surface area contributed by atoms with Crippen LogP contribution in [0.1, 0.15) is 15.9 Å². The third-order valence-corrected chi connectivity index (χ3v) is 3.11. The number of para-hydroxylation sites is 1. The van der Waals surface area contributed by atoms with Gasteiger partial charge in [-0.1, -0.05) is 18.2 Å². The quantitative estimate of drug-likeness (QED) is 0.743. The summed E-state index contributed by atoms with van der Waals surface area (Å²) in [6.07, 6.45) is 1.70. The summed E-state index contributed by atoms with van der Waals surface area (Å²) in [4.78, 5) is 15.3. The Bertz CT molecular complexity index is 810. The van der Waals surface area contributed by atoms with Crippen LogP contribution in [0.3, 0.4) is 0 Å². The van der Waals surface area contributed by atoms with E-state index < -0.39 is 0 Å². The minimum Gasteiger partial charge on any atom is -0.360 e. The molecule has 3 aromatic rings. The molecule has 1 aromatic heterocycles. The minimum absolute atomic E-state index is 0.174. The van der Waals surface area contributed by atoms with Crippen LogP contribution in [0.2, 0.25) is 0 Å². The predicted molar refractivity (Wildman–Crippen MR) is 77.4 cm³/mol. The van der Waals surface area contributed by atoms with E-state index in [0.717, 1.165) is 10.9 Å². The molecule has 3 rings (SSSR count). The van der Waals surface area contributed by atoms with Crippen molar-refractivity contribution in [1.29, 1.82) is 5.26 Å². The topological polar surface area (TPSA) is 68.7 Å². The smallest absolute Gasteiger partial charge is 0.257 e. The zero-order valence-electron chi connectivity index (χ0n) is 10.6. The van der Waals surface area contributed by atoms with E-state index in [0.29, 0.717) is 16.8 Å². The van der Waals surface area contributed by atoms with E-state index in [1.807, 2.05) is 30.3 Å². The van der Waals surface area contributed by atoms with Crippen LogP contribution in [0.15, 0.2) is 54.7 Å². The van der Waals surface area contributed by atoms with Gasteiger partial charge in [0, 0.05) is 22.8 Å². The summed E-state index contributed by atoms with van der Waals surface area (Å²) >= 11 is 0. The number of nitriles is 1. The maximum Gasteiger partial charge on any atom is 0.257 e. The number of rotatable bonds is 2. The maximum atomic E-state index is 12.2. The van der Waals surface area contributed by atoms with Gasteiger partial charge in [-0.3, -0.25) is 4.79 Å². The molecule has 2 N–H and O–H groups in total. The van der Waals surface area contributed by atoms with Gasteiger partial charge in [-0.25, -0.2) is 0 Å². The predicted octanol–water partition coefficient (Wildman–Crippen LogP) is 3.29. The normalized spacial score (nSPS) is 10.2. The number of benzene rings is 2. The molecule has 0 fully saturated rings. The van der Waals surface area contributed by atoms with Crippen molar-refractivity contribution >= 4 is 22.5 Å². The van der Waals surface area contributed by atoms with Gasteiger partial charge in [0.25, 0.3) is 5.91 Å². The van der Waals surface area contributed by atoms with Crippen molar-refractivity contribution < 1.29 is 4.79 Å². The molecule has 2 aromatic carbocycles. The van der Waals surface area contributed by atoms with Gasteiger partial charge in [-0.2, -0.15) is 5.26 Å². The highest BCUT2D eigenvalue weighted by Gasteiger charge is 2.11. The molecule has 0 bridgehead atoms. The number of fused-ring (bicyclic) bond motifs is 1. The third kappa shape index (κ3) is 2.13. The Kier molecular flexibility index (Phi) is 2.94. The van der Waals surface area contributed by atoms with Crippen LogP contribution in [0.4, 0.5) is 5.69 Å². The summed E-state index contributed by atoms with van der Waals surface area (Å²) in [5, 5.41) is 12.4. The number of aromatic nitrogens is 1. The second-order valence-electron chi connectivity index (χ2n) is 4.39. The van der Waals surface area contributed by atoms with Gasteiger partial charge < -0.3 is 10.3 Å². The number of H-pyrrole nitrogens is 1. The van der Waals surface area contributed by atoms with Gasteiger partial charge in [0.1, 0.15) is 0 Å². The largest absolute Gasteiger partial charge is 0.360 e. The minimum atomic E-state index is -0.174. The molecule has 4 nitrogen and oxygen atoms in total. The molecule has 0 radical (unpaired) electrons. The number of amides is 1. The average molecular weight is 261 g/mol. The Labute approximate surface area is 115 Å². The van der Waals surface area contributed by atoms with Gasteiger partial charge in [-0.05, 0) is 30.3 Å². The molecule has 0 aliphatic rings. The molecule has 0 spiro atoms. The van der Waals surface area contributed by atoms with Crippen LogP contribution < -0.4 is 5.32 Å². The molecule has 0 saturated carbocycles. The number of anilines is 1. The van der Waals surface area contributed by atoms with Gasteiger partial charge in [0.15, 0.2) is 0 Å². The molecule has 0 unspecified atom stereocenters. The van der Waals surface area contributed by atoms with Crippen LogP contribution in [0, 0.1) is 11.3 Å². The third-order valence-electron chi connectivity index (χ3n) is 3.11. The van der Waals surface area contributed by atoms with Crippen LogP contribution in [-0.4, -0.2) is 10.9 Å². The number of nitrogens with one attached hydrogen (secondary N) is 2. The Balaban J connectivity index is 1.87. The van der Waals surface area contributed by atoms with Crippen molar-refractivity contribution in [3.05, 3.63) is 65.9 Å². The number of hydrogen-bond donors (Lipinski definition) is 2. The van der Waals surface area contributed by atoms with E-state index in [1.54, 1.807) is 30.5 Å². The van der Waals surface area contributed by atoms with Crippen LogP contribution in [-0.2, 0) is 0 Å². The lowest BCUT2D eigenvalue weighted by Crippen LogP contribution is -2.11. The van der Waals surface area contributed by atoms with E-state index in [9.17, 15) is 4.79 Å². The summed E-state index contributed by atoms with van der Waals surface area (Å²) in [5.74, 6) is -0.174. The Morgan fingerprint density at radius 1 is 1.10 bits per heavy atom. The lowest BCUT2D eigenvalue weighted by molar-refractivity contribution is 0.102. The SMILES string of the molecule is N#Cc1ccc(NC(=O)c2c[nH]c3ccccc23)cc1. The lowest BCUT2D eigenvalue weighted by atomic mass is 10.1. The van der Waals surface area contributed by atoms with E-state index in [4.69, 9.17) is 5.26 Å². The highest BCUT2D eigenvalue weighted by molar-refractivity contribution is 6.12. The monoisotopic (exact) mass is 261 g/mol. The van der Waals surface area contributed by atoms with Crippen molar-refractivity contribution in [1.82, 2.24) is 4.98 Å². The van der Waals surface area contributed by atoms with Crippen LogP contribution in [0.5, 0.6) is 0 Å². The van der Waals surface area contributed by atoms with Gasteiger partial charge in [-0.15, -0.1) is 0 Å². The number of aromatic amines is 1. The standard InChI is InChI=1S/C16H11N3O/c17-9-11-5-7-12(8-6-11)19-16(20)14-10-18-15-4-2-1-3-13(14)15/h1-8,10,18H,(H,19,20). The summed E-state index contributed by atoms with van der Waals surface area (Å²) in [7, 11) is 0. The van der Waals surface area contributed by atoms with E-state index >= 15 is 0 Å². The highest BCUT2D eigenvalue weighted by Crippen LogP contribution is 2.19. The summed E-state index contributed by atoms with van der Waals surface area (Å²) in [6, 6.07) is 16.5.